The number of aliphatic hydroxyl groups is 1. The van der Waals surface area contributed by atoms with Crippen molar-refractivity contribution in [3.63, 3.8) is 0 Å². The highest BCUT2D eigenvalue weighted by molar-refractivity contribution is 6.71. The van der Waals surface area contributed by atoms with Gasteiger partial charge in [0.1, 0.15) is 0 Å². The van der Waals surface area contributed by atoms with Crippen LogP contribution < -0.4 is 0 Å². The Morgan fingerprint density at radius 1 is 1.35 bits per heavy atom. The molecule has 1 aromatic carbocycles. The second-order valence-electron chi connectivity index (χ2n) is 5.69. The van der Waals surface area contributed by atoms with E-state index in [9.17, 15) is 5.11 Å². The molecule has 94 valence electrons. The highest BCUT2D eigenvalue weighted by Crippen LogP contribution is 2.41. The van der Waals surface area contributed by atoms with Gasteiger partial charge in [-0.3, -0.25) is 0 Å². The van der Waals surface area contributed by atoms with Crippen LogP contribution in [0.2, 0.25) is 19.1 Å². The lowest BCUT2D eigenvalue weighted by molar-refractivity contribution is -0.0232. The fraction of sp³-hybridized carbons (Fsp3) is 0.571. The molecule has 17 heavy (non-hydrogen) atoms. The third kappa shape index (κ3) is 2.79. The maximum atomic E-state index is 10.9. The predicted molar refractivity (Wildman–Crippen MR) is 72.4 cm³/mol. The standard InChI is InChI=1S/C14H22O2Si/c1-4-13-10-14(15,11-17(2,3)16-13)12-8-6-5-7-9-12/h5-9,13,15H,4,10-11H2,1-3H3/t13-,14-/m0/s1. The maximum absolute atomic E-state index is 10.9. The average molecular weight is 250 g/mol. The zero-order chi connectivity index (χ0) is 12.5. The summed E-state index contributed by atoms with van der Waals surface area (Å²) in [5, 5.41) is 10.9. The molecule has 1 fully saturated rings. The van der Waals surface area contributed by atoms with E-state index in [0.717, 1.165) is 24.4 Å². The number of hydrogen-bond acceptors (Lipinski definition) is 2. The lowest BCUT2D eigenvalue weighted by Crippen LogP contribution is -2.50. The van der Waals surface area contributed by atoms with Gasteiger partial charge in [-0.25, -0.2) is 0 Å². The van der Waals surface area contributed by atoms with Crippen molar-refractivity contribution in [3.8, 4) is 0 Å². The van der Waals surface area contributed by atoms with E-state index >= 15 is 0 Å². The first-order chi connectivity index (χ1) is 7.95. The van der Waals surface area contributed by atoms with Crippen molar-refractivity contribution in [2.24, 2.45) is 0 Å². The predicted octanol–water partition coefficient (Wildman–Crippen LogP) is 3.28. The Bertz CT molecular complexity index is 377. The summed E-state index contributed by atoms with van der Waals surface area (Å²) in [5.41, 5.74) is 0.359. The molecule has 2 atom stereocenters. The highest BCUT2D eigenvalue weighted by atomic mass is 28.4. The molecule has 0 radical (unpaired) electrons. The molecule has 3 heteroatoms. The minimum atomic E-state index is -1.74. The van der Waals surface area contributed by atoms with Crippen LogP contribution in [0.3, 0.4) is 0 Å². The monoisotopic (exact) mass is 250 g/mol. The molecule has 0 aromatic heterocycles. The van der Waals surface area contributed by atoms with E-state index in [1.807, 2.05) is 30.3 Å². The van der Waals surface area contributed by atoms with Crippen molar-refractivity contribution in [2.75, 3.05) is 0 Å². The topological polar surface area (TPSA) is 29.5 Å². The van der Waals surface area contributed by atoms with Gasteiger partial charge in [0.25, 0.3) is 0 Å². The van der Waals surface area contributed by atoms with Crippen molar-refractivity contribution in [2.45, 2.75) is 50.6 Å². The quantitative estimate of drug-likeness (QED) is 0.816. The SMILES string of the molecule is CC[C@H]1C[C@@](O)(c2ccccc2)C[Si](C)(C)O1. The largest absolute Gasteiger partial charge is 0.414 e. The molecule has 1 aliphatic rings. The summed E-state index contributed by atoms with van der Waals surface area (Å²) in [5.74, 6) is 0. The Morgan fingerprint density at radius 3 is 2.59 bits per heavy atom. The normalized spacial score (nSPS) is 32.4. The second-order valence-corrected chi connectivity index (χ2v) is 9.79. The van der Waals surface area contributed by atoms with Gasteiger partial charge in [0.05, 0.1) is 5.60 Å². The Labute approximate surface area is 105 Å². The first kappa shape index (κ1) is 12.8. The van der Waals surface area contributed by atoms with E-state index in [0.29, 0.717) is 0 Å². The van der Waals surface area contributed by atoms with Crippen LogP contribution >= 0.6 is 0 Å². The zero-order valence-electron chi connectivity index (χ0n) is 10.9. The van der Waals surface area contributed by atoms with Crippen LogP contribution in [0.5, 0.6) is 0 Å². The van der Waals surface area contributed by atoms with Gasteiger partial charge in [-0.2, -0.15) is 0 Å². The summed E-state index contributed by atoms with van der Waals surface area (Å²) in [6.45, 7) is 6.53. The third-order valence-electron chi connectivity index (χ3n) is 3.54. The Hall–Kier alpha value is -0.643. The van der Waals surface area contributed by atoms with Crippen molar-refractivity contribution < 1.29 is 9.53 Å². The summed E-state index contributed by atoms with van der Waals surface area (Å²) in [4.78, 5) is 0. The van der Waals surface area contributed by atoms with Gasteiger partial charge in [-0.05, 0) is 31.1 Å². The van der Waals surface area contributed by atoms with Crippen LogP contribution in [0, 0.1) is 0 Å². The van der Waals surface area contributed by atoms with Gasteiger partial charge in [-0.15, -0.1) is 0 Å². The molecule has 2 nitrogen and oxygen atoms in total. The molecule has 0 unspecified atom stereocenters. The Kier molecular flexibility index (Phi) is 3.43. The molecular weight excluding hydrogens is 228 g/mol. The molecule has 1 saturated heterocycles. The summed E-state index contributed by atoms with van der Waals surface area (Å²) >= 11 is 0. The molecule has 0 spiro atoms. The first-order valence-electron chi connectivity index (χ1n) is 6.41. The van der Waals surface area contributed by atoms with Crippen molar-refractivity contribution >= 4 is 8.32 Å². The van der Waals surface area contributed by atoms with Crippen molar-refractivity contribution in [1.29, 1.82) is 0 Å². The maximum Gasteiger partial charge on any atom is 0.190 e. The van der Waals surface area contributed by atoms with Gasteiger partial charge in [0.2, 0.25) is 0 Å². The van der Waals surface area contributed by atoms with Gasteiger partial charge >= 0.3 is 0 Å². The molecule has 1 aromatic rings. The van der Waals surface area contributed by atoms with E-state index in [4.69, 9.17) is 4.43 Å². The van der Waals surface area contributed by atoms with Crippen molar-refractivity contribution in [1.82, 2.24) is 0 Å². The molecule has 0 bridgehead atoms. The van der Waals surface area contributed by atoms with Gasteiger partial charge < -0.3 is 9.53 Å². The van der Waals surface area contributed by atoms with E-state index in [1.54, 1.807) is 0 Å². The molecule has 1 N–H and O–H groups in total. The summed E-state index contributed by atoms with van der Waals surface area (Å²) in [6, 6.07) is 10.8. The van der Waals surface area contributed by atoms with E-state index < -0.39 is 13.9 Å². The van der Waals surface area contributed by atoms with E-state index in [-0.39, 0.29) is 6.10 Å². The van der Waals surface area contributed by atoms with Gasteiger partial charge in [0.15, 0.2) is 8.32 Å². The Morgan fingerprint density at radius 2 is 2.00 bits per heavy atom. The van der Waals surface area contributed by atoms with Crippen LogP contribution in [0.1, 0.15) is 25.3 Å². The van der Waals surface area contributed by atoms with E-state index in [1.165, 1.54) is 0 Å². The lowest BCUT2D eigenvalue weighted by atomic mass is 9.89. The minimum Gasteiger partial charge on any atom is -0.414 e. The van der Waals surface area contributed by atoms with E-state index in [2.05, 4.69) is 20.0 Å². The minimum absolute atomic E-state index is 0.204. The average Bonchev–Trinajstić information content (AvgIpc) is 2.28. The number of rotatable bonds is 2. The summed E-state index contributed by atoms with van der Waals surface area (Å²) in [7, 11) is -1.74. The molecular formula is C14H22O2Si. The lowest BCUT2D eigenvalue weighted by Gasteiger charge is -2.44. The van der Waals surface area contributed by atoms with Gasteiger partial charge in [0, 0.05) is 12.5 Å². The molecule has 0 aliphatic carbocycles. The van der Waals surface area contributed by atoms with Crippen LogP contribution in [-0.4, -0.2) is 19.5 Å². The highest BCUT2D eigenvalue weighted by Gasteiger charge is 2.45. The molecule has 1 heterocycles. The zero-order valence-corrected chi connectivity index (χ0v) is 11.9. The summed E-state index contributed by atoms with van der Waals surface area (Å²) in [6.07, 6.45) is 1.91. The number of benzene rings is 1. The molecule has 0 saturated carbocycles. The second kappa shape index (κ2) is 4.56. The van der Waals surface area contributed by atoms with Crippen LogP contribution in [0.15, 0.2) is 30.3 Å². The fourth-order valence-corrected chi connectivity index (χ4v) is 5.88. The molecule has 0 amide bonds. The summed E-state index contributed by atoms with van der Waals surface area (Å²) < 4.78 is 6.12. The van der Waals surface area contributed by atoms with Gasteiger partial charge in [-0.1, -0.05) is 37.3 Å². The third-order valence-corrected chi connectivity index (χ3v) is 5.94. The van der Waals surface area contributed by atoms with Crippen molar-refractivity contribution in [3.05, 3.63) is 35.9 Å². The fourth-order valence-electron chi connectivity index (χ4n) is 2.88. The van der Waals surface area contributed by atoms with Crippen LogP contribution in [-0.2, 0) is 10.0 Å². The van der Waals surface area contributed by atoms with Crippen LogP contribution in [0.25, 0.3) is 0 Å². The molecule has 1 aliphatic heterocycles. The number of hydrogen-bond donors (Lipinski definition) is 1. The Balaban J connectivity index is 2.30. The molecule has 2 rings (SSSR count). The first-order valence-corrected chi connectivity index (χ1v) is 9.52. The van der Waals surface area contributed by atoms with Crippen LogP contribution in [0.4, 0.5) is 0 Å². The smallest absolute Gasteiger partial charge is 0.190 e.